The van der Waals surface area contributed by atoms with Crippen LogP contribution in [-0.2, 0) is 17.9 Å². The molecule has 1 amide bonds. The van der Waals surface area contributed by atoms with Gasteiger partial charge < -0.3 is 10.2 Å². The fraction of sp³-hybridized carbons (Fsp3) is 0.286. The van der Waals surface area contributed by atoms with Crippen LogP contribution in [-0.4, -0.2) is 33.5 Å². The second-order valence-electron chi connectivity index (χ2n) is 9.09. The van der Waals surface area contributed by atoms with Gasteiger partial charge in [0.25, 0.3) is 5.56 Å². The Balaban J connectivity index is 1.39. The minimum absolute atomic E-state index is 0.0185. The van der Waals surface area contributed by atoms with Crippen molar-refractivity contribution >= 4 is 22.9 Å². The number of aromatic nitrogens is 3. The van der Waals surface area contributed by atoms with Crippen LogP contribution in [0.15, 0.2) is 77.7 Å². The van der Waals surface area contributed by atoms with Crippen LogP contribution in [0.2, 0.25) is 0 Å². The largest absolute Gasteiger partial charge is 0.352 e. The van der Waals surface area contributed by atoms with Gasteiger partial charge in [-0.25, -0.2) is 9.97 Å². The van der Waals surface area contributed by atoms with E-state index < -0.39 is 0 Å². The van der Waals surface area contributed by atoms with Crippen LogP contribution in [0.1, 0.15) is 29.5 Å². The number of amides is 1. The summed E-state index contributed by atoms with van der Waals surface area (Å²) in [5.74, 6) is 0.212. The topological polar surface area (TPSA) is 80.1 Å². The number of aryl methyl sites for hydroxylation is 1. The molecule has 1 aliphatic rings. The van der Waals surface area contributed by atoms with Crippen molar-refractivity contribution in [2.24, 2.45) is 5.92 Å². The first-order chi connectivity index (χ1) is 17.1. The predicted octanol–water partition coefficient (Wildman–Crippen LogP) is 3.68. The summed E-state index contributed by atoms with van der Waals surface area (Å²) in [6.45, 7) is 4.13. The van der Waals surface area contributed by atoms with Gasteiger partial charge in [0, 0.05) is 25.8 Å². The van der Waals surface area contributed by atoms with Crippen molar-refractivity contribution in [3.63, 3.8) is 0 Å². The third-order valence-electron chi connectivity index (χ3n) is 6.67. The molecule has 35 heavy (non-hydrogen) atoms. The highest BCUT2D eigenvalue weighted by Gasteiger charge is 2.28. The summed E-state index contributed by atoms with van der Waals surface area (Å²) in [4.78, 5) is 37.8. The standard InChI is InChI=1S/C28H29N5O2/c1-20-9-5-6-12-22(20)17-30-27(34)23-13-8-16-32(19-23)26-28(35)33(18-21-10-3-2-4-11-21)25-24(31-26)14-7-15-29-25/h2-7,9-12,14-15,23H,8,13,16-19H2,1H3,(H,30,34)/t23-/m1/s1. The van der Waals surface area contributed by atoms with Crippen molar-refractivity contribution in [2.75, 3.05) is 18.0 Å². The van der Waals surface area contributed by atoms with Gasteiger partial charge in [-0.2, -0.15) is 0 Å². The second-order valence-corrected chi connectivity index (χ2v) is 9.09. The number of fused-ring (bicyclic) bond motifs is 1. The van der Waals surface area contributed by atoms with Gasteiger partial charge in [-0.1, -0.05) is 54.6 Å². The monoisotopic (exact) mass is 467 g/mol. The van der Waals surface area contributed by atoms with E-state index in [4.69, 9.17) is 4.98 Å². The van der Waals surface area contributed by atoms with Gasteiger partial charge in [-0.15, -0.1) is 0 Å². The van der Waals surface area contributed by atoms with Crippen LogP contribution in [0, 0.1) is 12.8 Å². The van der Waals surface area contributed by atoms with Crippen LogP contribution in [0.3, 0.4) is 0 Å². The summed E-state index contributed by atoms with van der Waals surface area (Å²) in [6, 6.07) is 21.6. The zero-order valence-electron chi connectivity index (χ0n) is 19.9. The fourth-order valence-electron chi connectivity index (χ4n) is 4.70. The molecule has 0 aliphatic carbocycles. The Kier molecular flexibility index (Phi) is 6.57. The SMILES string of the molecule is Cc1ccccc1CNC(=O)[C@@H]1CCCN(c2nc3cccnc3n(Cc3ccccc3)c2=O)C1. The van der Waals surface area contributed by atoms with Crippen LogP contribution >= 0.6 is 0 Å². The summed E-state index contributed by atoms with van der Waals surface area (Å²) in [5.41, 5.74) is 4.35. The van der Waals surface area contributed by atoms with Gasteiger partial charge in [0.2, 0.25) is 5.91 Å². The molecule has 3 heterocycles. The van der Waals surface area contributed by atoms with E-state index >= 15 is 0 Å². The number of rotatable bonds is 6. The van der Waals surface area contributed by atoms with Crippen molar-refractivity contribution in [1.29, 1.82) is 0 Å². The highest BCUT2D eigenvalue weighted by atomic mass is 16.2. The Labute approximate surface area is 204 Å². The molecule has 0 unspecified atom stereocenters. The molecule has 1 N–H and O–H groups in total. The molecular formula is C28H29N5O2. The van der Waals surface area contributed by atoms with Gasteiger partial charge in [-0.05, 0) is 48.6 Å². The van der Waals surface area contributed by atoms with E-state index in [1.807, 2.05) is 78.6 Å². The average molecular weight is 468 g/mol. The maximum absolute atomic E-state index is 13.6. The molecule has 7 nitrogen and oxygen atoms in total. The van der Waals surface area contributed by atoms with Crippen LogP contribution in [0.5, 0.6) is 0 Å². The maximum atomic E-state index is 13.6. The summed E-state index contributed by atoms with van der Waals surface area (Å²) in [7, 11) is 0. The number of carbonyl (C=O) groups excluding carboxylic acids is 1. The summed E-state index contributed by atoms with van der Waals surface area (Å²) >= 11 is 0. The normalized spacial score (nSPS) is 15.8. The van der Waals surface area contributed by atoms with E-state index in [2.05, 4.69) is 10.3 Å². The quantitative estimate of drug-likeness (QED) is 0.468. The fourth-order valence-corrected chi connectivity index (χ4v) is 4.70. The van der Waals surface area contributed by atoms with Gasteiger partial charge in [0.15, 0.2) is 11.5 Å². The predicted molar refractivity (Wildman–Crippen MR) is 137 cm³/mol. The first-order valence-electron chi connectivity index (χ1n) is 12.1. The summed E-state index contributed by atoms with van der Waals surface area (Å²) in [6.07, 6.45) is 3.30. The van der Waals surface area contributed by atoms with Gasteiger partial charge in [0.05, 0.1) is 12.5 Å². The molecule has 178 valence electrons. The Morgan fingerprint density at radius 2 is 1.86 bits per heavy atom. The lowest BCUT2D eigenvalue weighted by Gasteiger charge is -2.32. The van der Waals surface area contributed by atoms with E-state index in [1.54, 1.807) is 10.8 Å². The van der Waals surface area contributed by atoms with Crippen molar-refractivity contribution in [3.05, 3.63) is 100.0 Å². The van der Waals surface area contributed by atoms with Crippen LogP contribution in [0.4, 0.5) is 5.82 Å². The minimum atomic E-state index is -0.193. The Morgan fingerprint density at radius 1 is 1.06 bits per heavy atom. The lowest BCUT2D eigenvalue weighted by molar-refractivity contribution is -0.125. The number of benzene rings is 2. The number of pyridine rings is 1. The second kappa shape index (κ2) is 10.1. The number of carbonyl (C=O) groups is 1. The maximum Gasteiger partial charge on any atom is 0.295 e. The van der Waals surface area contributed by atoms with Crippen molar-refractivity contribution in [2.45, 2.75) is 32.9 Å². The van der Waals surface area contributed by atoms with E-state index in [1.165, 1.54) is 0 Å². The van der Waals surface area contributed by atoms with Gasteiger partial charge in [0.1, 0.15) is 5.52 Å². The Bertz CT molecular complexity index is 1400. The van der Waals surface area contributed by atoms with Crippen molar-refractivity contribution < 1.29 is 4.79 Å². The molecule has 1 atom stereocenters. The number of hydrogen-bond donors (Lipinski definition) is 1. The molecule has 7 heteroatoms. The molecule has 4 aromatic rings. The molecule has 0 saturated carbocycles. The highest BCUT2D eigenvalue weighted by Crippen LogP contribution is 2.22. The highest BCUT2D eigenvalue weighted by molar-refractivity contribution is 5.79. The van der Waals surface area contributed by atoms with E-state index in [0.29, 0.717) is 43.2 Å². The van der Waals surface area contributed by atoms with E-state index in [-0.39, 0.29) is 17.4 Å². The number of piperidine rings is 1. The lowest BCUT2D eigenvalue weighted by Crippen LogP contribution is -2.45. The molecule has 2 aromatic carbocycles. The van der Waals surface area contributed by atoms with E-state index in [9.17, 15) is 9.59 Å². The zero-order valence-corrected chi connectivity index (χ0v) is 19.9. The van der Waals surface area contributed by atoms with E-state index in [0.717, 1.165) is 29.5 Å². The smallest absolute Gasteiger partial charge is 0.295 e. The molecule has 0 bridgehead atoms. The third kappa shape index (κ3) is 4.94. The first kappa shape index (κ1) is 22.8. The summed E-state index contributed by atoms with van der Waals surface area (Å²) < 4.78 is 1.69. The molecular weight excluding hydrogens is 438 g/mol. The van der Waals surface area contributed by atoms with Crippen molar-refractivity contribution in [1.82, 2.24) is 19.9 Å². The number of nitrogens with zero attached hydrogens (tertiary/aromatic N) is 4. The minimum Gasteiger partial charge on any atom is -0.352 e. The van der Waals surface area contributed by atoms with Crippen LogP contribution in [0.25, 0.3) is 11.2 Å². The molecule has 0 radical (unpaired) electrons. The number of hydrogen-bond acceptors (Lipinski definition) is 5. The number of anilines is 1. The Morgan fingerprint density at radius 3 is 2.69 bits per heavy atom. The van der Waals surface area contributed by atoms with Gasteiger partial charge >= 0.3 is 0 Å². The lowest BCUT2D eigenvalue weighted by atomic mass is 9.97. The molecule has 1 fully saturated rings. The first-order valence-corrected chi connectivity index (χ1v) is 12.1. The molecule has 1 saturated heterocycles. The summed E-state index contributed by atoms with van der Waals surface area (Å²) in [5, 5.41) is 3.09. The van der Waals surface area contributed by atoms with Gasteiger partial charge in [-0.3, -0.25) is 14.2 Å². The molecule has 5 rings (SSSR count). The zero-order chi connectivity index (χ0) is 24.2. The molecule has 1 aliphatic heterocycles. The third-order valence-corrected chi connectivity index (χ3v) is 6.67. The Hall–Kier alpha value is -4.00. The molecule has 0 spiro atoms. The average Bonchev–Trinajstić information content (AvgIpc) is 2.90. The number of nitrogens with one attached hydrogen (secondary N) is 1. The van der Waals surface area contributed by atoms with Crippen LogP contribution < -0.4 is 15.8 Å². The van der Waals surface area contributed by atoms with Crippen molar-refractivity contribution in [3.8, 4) is 0 Å². The molecule has 2 aromatic heterocycles.